The van der Waals surface area contributed by atoms with Crippen molar-refractivity contribution in [1.82, 2.24) is 0 Å². The van der Waals surface area contributed by atoms with Crippen LogP contribution in [0.5, 0.6) is 0 Å². The highest BCUT2D eigenvalue weighted by atomic mass is 16.5. The summed E-state index contributed by atoms with van der Waals surface area (Å²) in [5.74, 6) is -0.787. The van der Waals surface area contributed by atoms with Crippen LogP contribution < -0.4 is 0 Å². The minimum Gasteiger partial charge on any atom is -0.466 e. The molecule has 0 aliphatic heterocycles. The molecule has 0 aromatic carbocycles. The molecule has 0 aliphatic carbocycles. The Morgan fingerprint density at radius 1 is 1.18 bits per heavy atom. The molecule has 17 heavy (non-hydrogen) atoms. The predicted octanol–water partition coefficient (Wildman–Crippen LogP) is 0.711. The molecule has 1 atom stereocenters. The monoisotopic (exact) mass is 240 g/mol. The van der Waals surface area contributed by atoms with Crippen molar-refractivity contribution in [3.63, 3.8) is 0 Å². The van der Waals surface area contributed by atoms with Crippen LogP contribution in [0, 0.1) is 18.3 Å². The summed E-state index contributed by atoms with van der Waals surface area (Å²) >= 11 is 0. The van der Waals surface area contributed by atoms with Gasteiger partial charge in [-0.25, -0.2) is 0 Å². The molecule has 0 fully saturated rings. The van der Waals surface area contributed by atoms with Crippen molar-refractivity contribution < 1.29 is 23.9 Å². The van der Waals surface area contributed by atoms with Gasteiger partial charge in [-0.1, -0.05) is 0 Å². The summed E-state index contributed by atoms with van der Waals surface area (Å²) in [6.07, 6.45) is 4.53. The highest BCUT2D eigenvalue weighted by molar-refractivity contribution is 6.06. The molecule has 0 aromatic heterocycles. The van der Waals surface area contributed by atoms with E-state index in [1.165, 1.54) is 0 Å². The molecule has 94 valence electrons. The Balaban J connectivity index is 4.50. The Kier molecular flexibility index (Phi) is 7.44. The number of hydrogen-bond donors (Lipinski definition) is 0. The predicted molar refractivity (Wildman–Crippen MR) is 59.8 cm³/mol. The smallest absolute Gasteiger partial charge is 0.317 e. The van der Waals surface area contributed by atoms with Crippen LogP contribution in [0.3, 0.4) is 0 Å². The highest BCUT2D eigenvalue weighted by Crippen LogP contribution is 2.10. The lowest BCUT2D eigenvalue weighted by Gasteiger charge is -2.11. The quantitative estimate of drug-likeness (QED) is 0.372. The van der Waals surface area contributed by atoms with Crippen LogP contribution in [0.1, 0.15) is 26.7 Å². The van der Waals surface area contributed by atoms with Gasteiger partial charge in [0.15, 0.2) is 5.78 Å². The van der Waals surface area contributed by atoms with Crippen molar-refractivity contribution in [2.45, 2.75) is 26.7 Å². The first kappa shape index (κ1) is 15.2. The third-order valence-corrected chi connectivity index (χ3v) is 1.91. The second-order valence-electron chi connectivity index (χ2n) is 3.16. The van der Waals surface area contributed by atoms with Gasteiger partial charge in [0.1, 0.15) is 12.3 Å². The zero-order valence-corrected chi connectivity index (χ0v) is 10.0. The van der Waals surface area contributed by atoms with Crippen molar-refractivity contribution >= 4 is 17.7 Å². The number of carbonyl (C=O) groups is 3. The number of esters is 2. The van der Waals surface area contributed by atoms with Gasteiger partial charge < -0.3 is 9.47 Å². The molecule has 0 rings (SSSR count). The summed E-state index contributed by atoms with van der Waals surface area (Å²) < 4.78 is 9.33. The molecular formula is C12H16O5. The van der Waals surface area contributed by atoms with Gasteiger partial charge in [0, 0.05) is 6.42 Å². The van der Waals surface area contributed by atoms with E-state index < -0.39 is 30.1 Å². The summed E-state index contributed by atoms with van der Waals surface area (Å²) in [5.41, 5.74) is 0. The minimum absolute atomic E-state index is 0.0723. The summed E-state index contributed by atoms with van der Waals surface area (Å²) in [6, 6.07) is 0. The zero-order valence-electron chi connectivity index (χ0n) is 10.0. The molecule has 0 heterocycles. The van der Waals surface area contributed by atoms with E-state index in [2.05, 4.69) is 10.7 Å². The lowest BCUT2D eigenvalue weighted by Crippen LogP contribution is -2.28. The van der Waals surface area contributed by atoms with Gasteiger partial charge in [-0.15, -0.1) is 12.3 Å². The van der Waals surface area contributed by atoms with Gasteiger partial charge in [0.05, 0.1) is 13.2 Å². The van der Waals surface area contributed by atoms with Crippen LogP contribution >= 0.6 is 0 Å². The SMILES string of the molecule is C#CCC(C(=O)CC(=O)OCC)C(=O)OCC. The third-order valence-electron chi connectivity index (χ3n) is 1.91. The van der Waals surface area contributed by atoms with Gasteiger partial charge in [-0.2, -0.15) is 0 Å². The van der Waals surface area contributed by atoms with Crippen molar-refractivity contribution in [2.75, 3.05) is 13.2 Å². The first-order chi connectivity index (χ1) is 8.06. The number of Topliss-reactive ketones (excluding diaryl/α,β-unsaturated/α-hetero) is 1. The maximum Gasteiger partial charge on any atom is 0.317 e. The number of ether oxygens (including phenoxy) is 2. The Morgan fingerprint density at radius 2 is 1.76 bits per heavy atom. The minimum atomic E-state index is -1.08. The van der Waals surface area contributed by atoms with E-state index in [1.54, 1.807) is 13.8 Å². The van der Waals surface area contributed by atoms with Crippen molar-refractivity contribution in [3.8, 4) is 12.3 Å². The van der Waals surface area contributed by atoms with Crippen molar-refractivity contribution in [2.24, 2.45) is 5.92 Å². The molecule has 0 amide bonds. The first-order valence-corrected chi connectivity index (χ1v) is 5.35. The number of rotatable bonds is 7. The molecule has 5 heteroatoms. The van der Waals surface area contributed by atoms with Crippen LogP contribution in [-0.2, 0) is 23.9 Å². The number of hydrogen-bond acceptors (Lipinski definition) is 5. The molecule has 5 nitrogen and oxygen atoms in total. The van der Waals surface area contributed by atoms with Gasteiger partial charge in [0.2, 0.25) is 0 Å². The van der Waals surface area contributed by atoms with Crippen LogP contribution in [0.2, 0.25) is 0 Å². The van der Waals surface area contributed by atoms with E-state index in [1.807, 2.05) is 0 Å². The van der Waals surface area contributed by atoms with E-state index >= 15 is 0 Å². The van der Waals surface area contributed by atoms with E-state index in [9.17, 15) is 14.4 Å². The topological polar surface area (TPSA) is 69.7 Å². The van der Waals surface area contributed by atoms with Crippen LogP contribution in [0.4, 0.5) is 0 Å². The molecule has 1 unspecified atom stereocenters. The average Bonchev–Trinajstić information content (AvgIpc) is 2.26. The zero-order chi connectivity index (χ0) is 13.3. The number of ketones is 1. The average molecular weight is 240 g/mol. The molecule has 0 aromatic rings. The molecule has 0 spiro atoms. The molecule has 0 saturated heterocycles. The summed E-state index contributed by atoms with van der Waals surface area (Å²) in [6.45, 7) is 3.60. The second kappa shape index (κ2) is 8.34. The largest absolute Gasteiger partial charge is 0.466 e. The molecule has 0 saturated carbocycles. The first-order valence-electron chi connectivity index (χ1n) is 5.35. The summed E-state index contributed by atoms with van der Waals surface area (Å²) in [7, 11) is 0. The molecular weight excluding hydrogens is 224 g/mol. The Labute approximate surface area is 100 Å². The Hall–Kier alpha value is -1.83. The molecule has 0 bridgehead atoms. The fraction of sp³-hybridized carbons (Fsp3) is 0.583. The van der Waals surface area contributed by atoms with E-state index in [-0.39, 0.29) is 19.6 Å². The normalized spacial score (nSPS) is 11.1. The number of terminal acetylenes is 1. The van der Waals surface area contributed by atoms with E-state index in [0.717, 1.165) is 0 Å². The van der Waals surface area contributed by atoms with Crippen molar-refractivity contribution in [3.05, 3.63) is 0 Å². The van der Waals surface area contributed by atoms with Gasteiger partial charge >= 0.3 is 11.9 Å². The Morgan fingerprint density at radius 3 is 2.24 bits per heavy atom. The third kappa shape index (κ3) is 5.71. The van der Waals surface area contributed by atoms with Gasteiger partial charge in [0.25, 0.3) is 0 Å². The fourth-order valence-corrected chi connectivity index (χ4v) is 1.17. The van der Waals surface area contributed by atoms with Crippen LogP contribution in [-0.4, -0.2) is 30.9 Å². The summed E-state index contributed by atoms with van der Waals surface area (Å²) in [5, 5.41) is 0. The standard InChI is InChI=1S/C12H16O5/c1-4-7-9(12(15)17-6-3)10(13)8-11(14)16-5-2/h1,9H,5-8H2,2-3H3. The Bertz CT molecular complexity index is 326. The van der Waals surface area contributed by atoms with Crippen LogP contribution in [0.25, 0.3) is 0 Å². The van der Waals surface area contributed by atoms with Crippen LogP contribution in [0.15, 0.2) is 0 Å². The van der Waals surface area contributed by atoms with Crippen molar-refractivity contribution in [1.29, 1.82) is 0 Å². The maximum atomic E-state index is 11.6. The maximum absolute atomic E-state index is 11.6. The molecule has 0 N–H and O–H groups in total. The highest BCUT2D eigenvalue weighted by Gasteiger charge is 2.28. The van der Waals surface area contributed by atoms with Gasteiger partial charge in [-0.3, -0.25) is 14.4 Å². The molecule has 0 radical (unpaired) electrons. The fourth-order valence-electron chi connectivity index (χ4n) is 1.17. The number of carbonyl (C=O) groups excluding carboxylic acids is 3. The lowest BCUT2D eigenvalue weighted by atomic mass is 9.98. The molecule has 0 aliphatic rings. The summed E-state index contributed by atoms with van der Waals surface area (Å²) in [4.78, 5) is 34.2. The lowest BCUT2D eigenvalue weighted by molar-refractivity contribution is -0.153. The van der Waals surface area contributed by atoms with E-state index in [4.69, 9.17) is 11.2 Å². The van der Waals surface area contributed by atoms with Gasteiger partial charge in [-0.05, 0) is 13.8 Å². The second-order valence-corrected chi connectivity index (χ2v) is 3.16. The van der Waals surface area contributed by atoms with E-state index in [0.29, 0.717) is 0 Å².